The lowest BCUT2D eigenvalue weighted by Crippen LogP contribution is -2.11. The quantitative estimate of drug-likeness (QED) is 0.772. The van der Waals surface area contributed by atoms with Crippen LogP contribution in [0.4, 0.5) is 5.69 Å². The van der Waals surface area contributed by atoms with Crippen molar-refractivity contribution in [2.75, 3.05) is 5.32 Å². The molecule has 0 fully saturated rings. The second kappa shape index (κ2) is 6.41. The molecule has 4 nitrogen and oxygen atoms in total. The first-order valence-corrected chi connectivity index (χ1v) is 7.64. The van der Waals surface area contributed by atoms with E-state index in [4.69, 9.17) is 4.74 Å². The molecule has 5 heteroatoms. The Morgan fingerprint density at radius 1 is 1.14 bits per heavy atom. The number of carbonyl (C=O) groups excluding carboxylic acids is 1. The Kier molecular flexibility index (Phi) is 4.16. The molecule has 2 aromatic heterocycles. The highest BCUT2D eigenvalue weighted by Gasteiger charge is 2.11. The minimum Gasteiger partial charge on any atom is -0.457 e. The molecule has 0 saturated carbocycles. The molecule has 0 atom stereocenters. The number of ether oxygens (including phenoxy) is 1. The van der Waals surface area contributed by atoms with Gasteiger partial charge in [0.2, 0.25) is 0 Å². The molecule has 0 radical (unpaired) electrons. The number of anilines is 1. The number of carbonyl (C=O) groups is 1. The fraction of sp³-hybridized carbons (Fsp3) is 0.0588. The van der Waals surface area contributed by atoms with E-state index in [0.717, 1.165) is 10.4 Å². The first kappa shape index (κ1) is 14.3. The fourth-order valence-corrected chi connectivity index (χ4v) is 2.79. The lowest BCUT2D eigenvalue weighted by Gasteiger charge is -2.08. The van der Waals surface area contributed by atoms with Crippen molar-refractivity contribution in [2.45, 2.75) is 6.92 Å². The van der Waals surface area contributed by atoms with Gasteiger partial charge in [-0.2, -0.15) is 0 Å². The standard InChI is InChI=1S/C17H14N2O2S/c1-12-7-10-22-16(12)17(20)19-13-3-2-4-15(11-13)21-14-5-8-18-9-6-14/h2-11H,1H3,(H,19,20). The summed E-state index contributed by atoms with van der Waals surface area (Å²) in [6, 6.07) is 12.8. The molecular formula is C17H14N2O2S. The molecule has 1 aromatic carbocycles. The van der Waals surface area contributed by atoms with Crippen LogP contribution in [-0.4, -0.2) is 10.9 Å². The van der Waals surface area contributed by atoms with Gasteiger partial charge in [-0.1, -0.05) is 6.07 Å². The minimum absolute atomic E-state index is 0.103. The van der Waals surface area contributed by atoms with Crippen LogP contribution in [0.15, 0.2) is 60.2 Å². The number of nitrogens with one attached hydrogen (secondary N) is 1. The maximum atomic E-state index is 12.2. The summed E-state index contributed by atoms with van der Waals surface area (Å²) in [4.78, 5) is 16.9. The summed E-state index contributed by atoms with van der Waals surface area (Å²) >= 11 is 1.43. The van der Waals surface area contributed by atoms with Gasteiger partial charge in [0.25, 0.3) is 5.91 Å². The summed E-state index contributed by atoms with van der Waals surface area (Å²) in [7, 11) is 0. The molecule has 22 heavy (non-hydrogen) atoms. The van der Waals surface area contributed by atoms with Crippen molar-refractivity contribution in [3.63, 3.8) is 0 Å². The predicted molar refractivity (Wildman–Crippen MR) is 87.8 cm³/mol. The lowest BCUT2D eigenvalue weighted by molar-refractivity contribution is 0.103. The Labute approximate surface area is 132 Å². The van der Waals surface area contributed by atoms with Gasteiger partial charge in [-0.05, 0) is 48.2 Å². The first-order chi connectivity index (χ1) is 10.7. The van der Waals surface area contributed by atoms with Crippen molar-refractivity contribution in [3.05, 3.63) is 70.7 Å². The fourth-order valence-electron chi connectivity index (χ4n) is 1.97. The van der Waals surface area contributed by atoms with Crippen LogP contribution in [0, 0.1) is 6.92 Å². The number of rotatable bonds is 4. The number of hydrogen-bond donors (Lipinski definition) is 1. The number of aryl methyl sites for hydroxylation is 1. The van der Waals surface area contributed by atoms with Crippen molar-refractivity contribution in [1.29, 1.82) is 0 Å². The summed E-state index contributed by atoms with van der Waals surface area (Å²) < 4.78 is 5.73. The van der Waals surface area contributed by atoms with Crippen LogP contribution in [0.2, 0.25) is 0 Å². The summed E-state index contributed by atoms with van der Waals surface area (Å²) in [6.07, 6.45) is 3.33. The lowest BCUT2D eigenvalue weighted by atomic mass is 10.2. The number of thiophene rings is 1. The van der Waals surface area contributed by atoms with E-state index in [-0.39, 0.29) is 5.91 Å². The average molecular weight is 310 g/mol. The van der Waals surface area contributed by atoms with Gasteiger partial charge in [-0.3, -0.25) is 9.78 Å². The number of aromatic nitrogens is 1. The van der Waals surface area contributed by atoms with E-state index in [1.54, 1.807) is 30.6 Å². The van der Waals surface area contributed by atoms with Crippen molar-refractivity contribution < 1.29 is 9.53 Å². The number of nitrogens with zero attached hydrogens (tertiary/aromatic N) is 1. The van der Waals surface area contributed by atoms with Gasteiger partial charge in [0.05, 0.1) is 4.88 Å². The largest absolute Gasteiger partial charge is 0.457 e. The normalized spacial score (nSPS) is 10.2. The van der Waals surface area contributed by atoms with Gasteiger partial charge in [-0.25, -0.2) is 0 Å². The molecule has 3 aromatic rings. The van der Waals surface area contributed by atoms with E-state index in [2.05, 4.69) is 10.3 Å². The summed E-state index contributed by atoms with van der Waals surface area (Å²) in [5.74, 6) is 1.26. The van der Waals surface area contributed by atoms with Crippen LogP contribution >= 0.6 is 11.3 Å². The van der Waals surface area contributed by atoms with Gasteiger partial charge in [0, 0.05) is 24.1 Å². The predicted octanol–water partition coefficient (Wildman–Crippen LogP) is 4.50. The van der Waals surface area contributed by atoms with Crippen LogP contribution in [0.5, 0.6) is 11.5 Å². The highest BCUT2D eigenvalue weighted by Crippen LogP contribution is 2.24. The smallest absolute Gasteiger partial charge is 0.265 e. The van der Waals surface area contributed by atoms with Gasteiger partial charge in [0.15, 0.2) is 0 Å². The third kappa shape index (κ3) is 3.32. The van der Waals surface area contributed by atoms with Crippen LogP contribution in [0.1, 0.15) is 15.2 Å². The molecular weight excluding hydrogens is 296 g/mol. The zero-order valence-electron chi connectivity index (χ0n) is 11.9. The zero-order chi connectivity index (χ0) is 15.4. The number of hydrogen-bond acceptors (Lipinski definition) is 4. The number of benzene rings is 1. The molecule has 1 N–H and O–H groups in total. The Bertz CT molecular complexity index is 784. The maximum absolute atomic E-state index is 12.2. The molecule has 0 aliphatic heterocycles. The van der Waals surface area contributed by atoms with E-state index in [1.165, 1.54) is 11.3 Å². The Balaban J connectivity index is 1.74. The van der Waals surface area contributed by atoms with Gasteiger partial charge >= 0.3 is 0 Å². The highest BCUT2D eigenvalue weighted by atomic mass is 32.1. The molecule has 0 bridgehead atoms. The number of pyridine rings is 1. The summed E-state index contributed by atoms with van der Waals surface area (Å²) in [5.41, 5.74) is 1.68. The Morgan fingerprint density at radius 3 is 2.68 bits per heavy atom. The van der Waals surface area contributed by atoms with E-state index >= 15 is 0 Å². The summed E-state index contributed by atoms with van der Waals surface area (Å²) in [6.45, 7) is 1.92. The SMILES string of the molecule is Cc1ccsc1C(=O)Nc1cccc(Oc2ccncc2)c1. The molecule has 0 spiro atoms. The highest BCUT2D eigenvalue weighted by molar-refractivity contribution is 7.12. The molecule has 3 rings (SSSR count). The van der Waals surface area contributed by atoms with Crippen LogP contribution in [0.3, 0.4) is 0 Å². The summed E-state index contributed by atoms with van der Waals surface area (Å²) in [5, 5.41) is 4.80. The van der Waals surface area contributed by atoms with E-state index in [9.17, 15) is 4.79 Å². The van der Waals surface area contributed by atoms with E-state index < -0.39 is 0 Å². The van der Waals surface area contributed by atoms with E-state index in [0.29, 0.717) is 17.2 Å². The van der Waals surface area contributed by atoms with Gasteiger partial charge < -0.3 is 10.1 Å². The second-order valence-corrected chi connectivity index (χ2v) is 5.62. The number of amides is 1. The molecule has 0 aliphatic carbocycles. The maximum Gasteiger partial charge on any atom is 0.265 e. The van der Waals surface area contributed by atoms with Crippen LogP contribution in [-0.2, 0) is 0 Å². The topological polar surface area (TPSA) is 51.2 Å². The molecule has 110 valence electrons. The van der Waals surface area contributed by atoms with Crippen LogP contribution in [0.25, 0.3) is 0 Å². The first-order valence-electron chi connectivity index (χ1n) is 6.76. The van der Waals surface area contributed by atoms with Crippen molar-refractivity contribution in [3.8, 4) is 11.5 Å². The Morgan fingerprint density at radius 2 is 1.95 bits per heavy atom. The van der Waals surface area contributed by atoms with Crippen molar-refractivity contribution in [2.24, 2.45) is 0 Å². The van der Waals surface area contributed by atoms with Crippen molar-refractivity contribution in [1.82, 2.24) is 4.98 Å². The van der Waals surface area contributed by atoms with E-state index in [1.807, 2.05) is 36.6 Å². The minimum atomic E-state index is -0.103. The molecule has 0 saturated heterocycles. The van der Waals surface area contributed by atoms with Gasteiger partial charge in [-0.15, -0.1) is 11.3 Å². The molecule has 0 aliphatic rings. The molecule has 1 amide bonds. The van der Waals surface area contributed by atoms with Crippen molar-refractivity contribution >= 4 is 22.9 Å². The Hall–Kier alpha value is -2.66. The second-order valence-electron chi connectivity index (χ2n) is 4.70. The zero-order valence-corrected chi connectivity index (χ0v) is 12.8. The third-order valence-electron chi connectivity index (χ3n) is 3.05. The average Bonchev–Trinajstić information content (AvgIpc) is 2.95. The third-order valence-corrected chi connectivity index (χ3v) is 4.06. The van der Waals surface area contributed by atoms with Crippen LogP contribution < -0.4 is 10.1 Å². The molecule has 0 unspecified atom stereocenters. The van der Waals surface area contributed by atoms with Gasteiger partial charge in [0.1, 0.15) is 11.5 Å². The molecule has 2 heterocycles. The monoisotopic (exact) mass is 310 g/mol.